The Kier molecular flexibility index (Phi) is 3.70. The van der Waals surface area contributed by atoms with E-state index in [0.29, 0.717) is 18.4 Å². The molecule has 1 saturated heterocycles. The molecule has 2 aromatic rings. The van der Waals surface area contributed by atoms with Gasteiger partial charge in [0.05, 0.1) is 12.8 Å². The van der Waals surface area contributed by atoms with E-state index in [0.717, 1.165) is 24.5 Å². The summed E-state index contributed by atoms with van der Waals surface area (Å²) in [5.41, 5.74) is 1.15. The van der Waals surface area contributed by atoms with Gasteiger partial charge in [-0.25, -0.2) is 0 Å². The number of ether oxygens (including phenoxy) is 1. The van der Waals surface area contributed by atoms with E-state index in [2.05, 4.69) is 21.4 Å². The van der Waals surface area contributed by atoms with Crippen LogP contribution >= 0.6 is 0 Å². The third kappa shape index (κ3) is 2.90. The SMILES string of the molecule is c1ccc([C@H]2CNC[C@H]2COc2cccnc2)nc1. The van der Waals surface area contributed by atoms with Crippen LogP contribution in [0.1, 0.15) is 11.6 Å². The molecule has 0 aromatic carbocycles. The van der Waals surface area contributed by atoms with Crippen molar-refractivity contribution in [2.75, 3.05) is 19.7 Å². The zero-order valence-corrected chi connectivity index (χ0v) is 10.7. The first-order valence-electron chi connectivity index (χ1n) is 6.58. The second-order valence-corrected chi connectivity index (χ2v) is 4.78. The molecular weight excluding hydrogens is 238 g/mol. The molecule has 0 unspecified atom stereocenters. The van der Waals surface area contributed by atoms with Gasteiger partial charge in [0.2, 0.25) is 0 Å². The Morgan fingerprint density at radius 2 is 2.16 bits per heavy atom. The highest BCUT2D eigenvalue weighted by Gasteiger charge is 2.29. The fourth-order valence-electron chi connectivity index (χ4n) is 2.49. The van der Waals surface area contributed by atoms with Gasteiger partial charge in [0, 0.05) is 43.0 Å². The van der Waals surface area contributed by atoms with Crippen molar-refractivity contribution in [1.82, 2.24) is 15.3 Å². The highest BCUT2D eigenvalue weighted by molar-refractivity contribution is 5.17. The first-order chi connectivity index (χ1) is 9.43. The number of nitrogens with zero attached hydrogens (tertiary/aromatic N) is 2. The molecule has 0 spiro atoms. The Balaban J connectivity index is 1.64. The summed E-state index contributed by atoms with van der Waals surface area (Å²) in [6.45, 7) is 2.64. The Morgan fingerprint density at radius 3 is 2.95 bits per heavy atom. The molecule has 4 heteroatoms. The summed E-state index contributed by atoms with van der Waals surface area (Å²) >= 11 is 0. The van der Waals surface area contributed by atoms with Crippen molar-refractivity contribution in [3.63, 3.8) is 0 Å². The van der Waals surface area contributed by atoms with E-state index >= 15 is 0 Å². The molecule has 1 N–H and O–H groups in total. The second kappa shape index (κ2) is 5.80. The molecule has 0 radical (unpaired) electrons. The predicted molar refractivity (Wildman–Crippen MR) is 73.1 cm³/mol. The fraction of sp³-hybridized carbons (Fsp3) is 0.333. The van der Waals surface area contributed by atoms with E-state index < -0.39 is 0 Å². The second-order valence-electron chi connectivity index (χ2n) is 4.78. The Hall–Kier alpha value is -1.94. The molecule has 2 atom stereocenters. The smallest absolute Gasteiger partial charge is 0.137 e. The van der Waals surface area contributed by atoms with Crippen LogP contribution < -0.4 is 10.1 Å². The van der Waals surface area contributed by atoms with Crippen LogP contribution in [0.4, 0.5) is 0 Å². The monoisotopic (exact) mass is 255 g/mol. The lowest BCUT2D eigenvalue weighted by Crippen LogP contribution is -2.20. The number of hydrogen-bond donors (Lipinski definition) is 1. The molecule has 4 nitrogen and oxygen atoms in total. The predicted octanol–water partition coefficient (Wildman–Crippen LogP) is 1.86. The van der Waals surface area contributed by atoms with E-state index in [4.69, 9.17) is 4.74 Å². The van der Waals surface area contributed by atoms with Crippen LogP contribution in [-0.4, -0.2) is 29.7 Å². The summed E-state index contributed by atoms with van der Waals surface area (Å²) in [5.74, 6) is 1.71. The van der Waals surface area contributed by atoms with Crippen LogP contribution in [0, 0.1) is 5.92 Å². The van der Waals surface area contributed by atoms with E-state index in [1.54, 1.807) is 12.4 Å². The normalized spacial score (nSPS) is 22.3. The average Bonchev–Trinajstić information content (AvgIpc) is 2.95. The molecule has 0 bridgehead atoms. The third-order valence-electron chi connectivity index (χ3n) is 3.51. The average molecular weight is 255 g/mol. The minimum absolute atomic E-state index is 0.429. The van der Waals surface area contributed by atoms with Crippen molar-refractivity contribution in [1.29, 1.82) is 0 Å². The highest BCUT2D eigenvalue weighted by Crippen LogP contribution is 2.27. The molecule has 1 aliphatic heterocycles. The minimum atomic E-state index is 0.429. The van der Waals surface area contributed by atoms with Crippen LogP contribution in [0.25, 0.3) is 0 Å². The molecule has 0 amide bonds. The fourth-order valence-corrected chi connectivity index (χ4v) is 2.49. The van der Waals surface area contributed by atoms with Crippen molar-refractivity contribution in [2.24, 2.45) is 5.92 Å². The van der Waals surface area contributed by atoms with Crippen LogP contribution in [-0.2, 0) is 0 Å². The van der Waals surface area contributed by atoms with Crippen LogP contribution in [0.2, 0.25) is 0 Å². The molecular formula is C15H17N3O. The van der Waals surface area contributed by atoms with Gasteiger partial charge < -0.3 is 10.1 Å². The first kappa shape index (κ1) is 12.1. The Labute approximate surface area is 112 Å². The highest BCUT2D eigenvalue weighted by atomic mass is 16.5. The van der Waals surface area contributed by atoms with Gasteiger partial charge in [-0.3, -0.25) is 9.97 Å². The lowest BCUT2D eigenvalue weighted by molar-refractivity contribution is 0.246. The number of aromatic nitrogens is 2. The summed E-state index contributed by atoms with van der Waals surface area (Å²) in [6, 6.07) is 9.91. The largest absolute Gasteiger partial charge is 0.492 e. The van der Waals surface area contributed by atoms with Gasteiger partial charge in [-0.05, 0) is 24.3 Å². The van der Waals surface area contributed by atoms with Gasteiger partial charge >= 0.3 is 0 Å². The van der Waals surface area contributed by atoms with E-state index in [-0.39, 0.29) is 0 Å². The van der Waals surface area contributed by atoms with Crippen LogP contribution in [0.5, 0.6) is 5.75 Å². The number of pyridine rings is 2. The van der Waals surface area contributed by atoms with Crippen LogP contribution in [0.15, 0.2) is 48.9 Å². The molecule has 0 aliphatic carbocycles. The lowest BCUT2D eigenvalue weighted by atomic mass is 9.93. The number of nitrogens with one attached hydrogen (secondary N) is 1. The zero-order valence-electron chi connectivity index (χ0n) is 10.7. The van der Waals surface area contributed by atoms with Crippen molar-refractivity contribution in [2.45, 2.75) is 5.92 Å². The van der Waals surface area contributed by atoms with E-state index in [1.165, 1.54) is 0 Å². The lowest BCUT2D eigenvalue weighted by Gasteiger charge is -2.18. The molecule has 19 heavy (non-hydrogen) atoms. The molecule has 1 aliphatic rings. The maximum atomic E-state index is 5.81. The standard InChI is InChI=1S/C15H17N3O/c1-2-7-18-15(5-1)14-10-17-8-12(14)11-19-13-4-3-6-16-9-13/h1-7,9,12,14,17H,8,10-11H2/t12-,14-/m0/s1. The third-order valence-corrected chi connectivity index (χ3v) is 3.51. The van der Waals surface area contributed by atoms with Gasteiger partial charge in [0.15, 0.2) is 0 Å². The molecule has 3 rings (SSSR count). The van der Waals surface area contributed by atoms with E-state index in [1.807, 2.05) is 30.5 Å². The Bertz CT molecular complexity index is 503. The van der Waals surface area contributed by atoms with Crippen molar-refractivity contribution < 1.29 is 4.74 Å². The molecule has 1 fully saturated rings. The maximum Gasteiger partial charge on any atom is 0.137 e. The van der Waals surface area contributed by atoms with Gasteiger partial charge in [-0.2, -0.15) is 0 Å². The molecule has 0 saturated carbocycles. The van der Waals surface area contributed by atoms with Crippen LogP contribution in [0.3, 0.4) is 0 Å². The first-order valence-corrected chi connectivity index (χ1v) is 6.58. The summed E-state index contributed by atoms with van der Waals surface area (Å²) in [5, 5.41) is 3.42. The summed E-state index contributed by atoms with van der Waals surface area (Å²) in [6.07, 6.45) is 5.35. The van der Waals surface area contributed by atoms with Gasteiger partial charge in [0.25, 0.3) is 0 Å². The van der Waals surface area contributed by atoms with Crippen molar-refractivity contribution in [3.8, 4) is 5.75 Å². The zero-order chi connectivity index (χ0) is 12.9. The summed E-state index contributed by atoms with van der Waals surface area (Å²) in [7, 11) is 0. The number of hydrogen-bond acceptors (Lipinski definition) is 4. The van der Waals surface area contributed by atoms with Gasteiger partial charge in [0.1, 0.15) is 5.75 Å². The summed E-state index contributed by atoms with van der Waals surface area (Å²) in [4.78, 5) is 8.51. The van der Waals surface area contributed by atoms with Crippen molar-refractivity contribution in [3.05, 3.63) is 54.6 Å². The van der Waals surface area contributed by atoms with Gasteiger partial charge in [-0.15, -0.1) is 0 Å². The quantitative estimate of drug-likeness (QED) is 0.906. The molecule has 98 valence electrons. The maximum absolute atomic E-state index is 5.81. The molecule has 3 heterocycles. The minimum Gasteiger partial charge on any atom is -0.492 e. The topological polar surface area (TPSA) is 47.0 Å². The van der Waals surface area contributed by atoms with E-state index in [9.17, 15) is 0 Å². The van der Waals surface area contributed by atoms with Gasteiger partial charge in [-0.1, -0.05) is 6.07 Å². The molecule has 2 aromatic heterocycles. The summed E-state index contributed by atoms with van der Waals surface area (Å²) < 4.78 is 5.81. The Morgan fingerprint density at radius 1 is 1.16 bits per heavy atom. The number of rotatable bonds is 4. The van der Waals surface area contributed by atoms with Crippen molar-refractivity contribution >= 4 is 0 Å².